The van der Waals surface area contributed by atoms with Crippen molar-refractivity contribution in [3.63, 3.8) is 0 Å². The van der Waals surface area contributed by atoms with Crippen LogP contribution in [-0.2, 0) is 10.0 Å². The standard InChI is InChI=1S/C11H14N4O2S2/c1-6-4-5-9(12)10(7(6)2)19(16,17)15-11-14-13-8(3)18-11/h4-5H,12H2,1-3H3,(H,14,15). The van der Waals surface area contributed by atoms with Gasteiger partial charge in [-0.25, -0.2) is 8.42 Å². The Hall–Kier alpha value is -1.67. The molecule has 0 aliphatic carbocycles. The third-order valence-electron chi connectivity index (χ3n) is 2.72. The van der Waals surface area contributed by atoms with E-state index < -0.39 is 10.0 Å². The minimum absolute atomic E-state index is 0.0975. The maximum atomic E-state index is 12.4. The molecule has 19 heavy (non-hydrogen) atoms. The van der Waals surface area contributed by atoms with Crippen LogP contribution in [0.1, 0.15) is 16.1 Å². The molecule has 0 unspecified atom stereocenters. The monoisotopic (exact) mass is 298 g/mol. The molecule has 0 atom stereocenters. The molecule has 0 amide bonds. The lowest BCUT2D eigenvalue weighted by Crippen LogP contribution is -2.16. The van der Waals surface area contributed by atoms with Gasteiger partial charge < -0.3 is 5.73 Å². The quantitative estimate of drug-likeness (QED) is 0.843. The number of anilines is 2. The first-order chi connectivity index (χ1) is 8.81. The Morgan fingerprint density at radius 2 is 1.89 bits per heavy atom. The van der Waals surface area contributed by atoms with Crippen molar-refractivity contribution in [3.8, 4) is 0 Å². The zero-order chi connectivity index (χ0) is 14.2. The summed E-state index contributed by atoms with van der Waals surface area (Å²) in [6, 6.07) is 3.38. The van der Waals surface area contributed by atoms with Gasteiger partial charge in [-0.15, -0.1) is 10.2 Å². The zero-order valence-corrected chi connectivity index (χ0v) is 12.4. The average Bonchev–Trinajstić information content (AvgIpc) is 2.68. The van der Waals surface area contributed by atoms with E-state index in [0.29, 0.717) is 10.6 Å². The van der Waals surface area contributed by atoms with Gasteiger partial charge in [0.15, 0.2) is 0 Å². The minimum Gasteiger partial charge on any atom is -0.398 e. The Morgan fingerprint density at radius 3 is 2.47 bits per heavy atom. The molecule has 0 saturated heterocycles. The molecular formula is C11H14N4O2S2. The third-order valence-corrected chi connectivity index (χ3v) is 5.15. The van der Waals surface area contributed by atoms with Gasteiger partial charge >= 0.3 is 0 Å². The topological polar surface area (TPSA) is 98.0 Å². The Bertz CT molecular complexity index is 722. The fourth-order valence-electron chi connectivity index (χ4n) is 1.67. The van der Waals surface area contributed by atoms with E-state index in [9.17, 15) is 8.42 Å². The minimum atomic E-state index is -3.75. The van der Waals surface area contributed by atoms with E-state index in [1.807, 2.05) is 6.92 Å². The summed E-state index contributed by atoms with van der Waals surface area (Å²) in [5.41, 5.74) is 7.50. The molecule has 2 aromatic rings. The van der Waals surface area contributed by atoms with Gasteiger partial charge in [-0.3, -0.25) is 4.72 Å². The van der Waals surface area contributed by atoms with Crippen LogP contribution in [0.15, 0.2) is 17.0 Å². The molecule has 8 heteroatoms. The van der Waals surface area contributed by atoms with Gasteiger partial charge in [0.25, 0.3) is 10.0 Å². The molecule has 6 nitrogen and oxygen atoms in total. The molecule has 0 aliphatic heterocycles. The lowest BCUT2D eigenvalue weighted by Gasteiger charge is -2.12. The SMILES string of the molecule is Cc1nnc(NS(=O)(=O)c2c(N)ccc(C)c2C)s1. The molecule has 0 spiro atoms. The van der Waals surface area contributed by atoms with Crippen molar-refractivity contribution in [3.05, 3.63) is 28.3 Å². The lowest BCUT2D eigenvalue weighted by atomic mass is 10.1. The molecule has 3 N–H and O–H groups in total. The molecule has 0 aliphatic rings. The molecule has 0 bridgehead atoms. The van der Waals surface area contributed by atoms with Crippen molar-refractivity contribution in [2.75, 3.05) is 10.5 Å². The Labute approximate surface area is 115 Å². The van der Waals surface area contributed by atoms with Crippen LogP contribution in [0.3, 0.4) is 0 Å². The fraction of sp³-hybridized carbons (Fsp3) is 0.273. The van der Waals surface area contributed by atoms with E-state index in [4.69, 9.17) is 5.73 Å². The molecule has 1 heterocycles. The average molecular weight is 298 g/mol. The number of nitrogens with zero attached hydrogens (tertiary/aromatic N) is 2. The lowest BCUT2D eigenvalue weighted by molar-refractivity contribution is 0.601. The van der Waals surface area contributed by atoms with Crippen LogP contribution < -0.4 is 10.5 Å². The third kappa shape index (κ3) is 2.69. The highest BCUT2D eigenvalue weighted by atomic mass is 32.2. The molecule has 0 radical (unpaired) electrons. The van der Waals surface area contributed by atoms with Crippen LogP contribution in [-0.4, -0.2) is 18.6 Å². The van der Waals surface area contributed by atoms with Gasteiger partial charge in [0.05, 0.1) is 5.69 Å². The van der Waals surface area contributed by atoms with Crippen molar-refractivity contribution in [2.45, 2.75) is 25.7 Å². The predicted octanol–water partition coefficient (Wildman–Crippen LogP) is 1.85. The van der Waals surface area contributed by atoms with E-state index in [-0.39, 0.29) is 15.7 Å². The number of benzene rings is 1. The van der Waals surface area contributed by atoms with Gasteiger partial charge in [0, 0.05) is 0 Å². The van der Waals surface area contributed by atoms with Crippen molar-refractivity contribution in [1.82, 2.24) is 10.2 Å². The van der Waals surface area contributed by atoms with Crippen LogP contribution >= 0.6 is 11.3 Å². The van der Waals surface area contributed by atoms with Gasteiger partial charge in [0.2, 0.25) is 5.13 Å². The van der Waals surface area contributed by atoms with Crippen LogP contribution in [0.4, 0.5) is 10.8 Å². The first-order valence-corrected chi connectivity index (χ1v) is 7.80. The van der Waals surface area contributed by atoms with Crippen LogP contribution in [0.25, 0.3) is 0 Å². The first-order valence-electron chi connectivity index (χ1n) is 5.50. The first kappa shape index (κ1) is 13.8. The summed E-state index contributed by atoms with van der Waals surface area (Å²) in [7, 11) is -3.75. The molecule has 1 aromatic carbocycles. The number of rotatable bonds is 3. The smallest absolute Gasteiger partial charge is 0.266 e. The summed E-state index contributed by atoms with van der Waals surface area (Å²) >= 11 is 1.17. The largest absolute Gasteiger partial charge is 0.398 e. The number of aryl methyl sites for hydroxylation is 2. The highest BCUT2D eigenvalue weighted by molar-refractivity contribution is 7.93. The van der Waals surface area contributed by atoms with E-state index in [1.54, 1.807) is 26.0 Å². The Kier molecular flexibility index (Phi) is 3.46. The summed E-state index contributed by atoms with van der Waals surface area (Å²) in [6.07, 6.45) is 0. The number of nitrogens with two attached hydrogens (primary N) is 1. The number of aromatic nitrogens is 2. The van der Waals surface area contributed by atoms with Crippen LogP contribution in [0.5, 0.6) is 0 Å². The summed E-state index contributed by atoms with van der Waals surface area (Å²) in [5.74, 6) is 0. The van der Waals surface area contributed by atoms with Crippen molar-refractivity contribution in [1.29, 1.82) is 0 Å². The molecule has 2 rings (SSSR count). The highest BCUT2D eigenvalue weighted by Crippen LogP contribution is 2.27. The van der Waals surface area contributed by atoms with Crippen molar-refractivity contribution >= 4 is 32.2 Å². The number of nitrogen functional groups attached to an aromatic ring is 1. The highest BCUT2D eigenvalue weighted by Gasteiger charge is 2.22. The number of hydrogen-bond donors (Lipinski definition) is 2. The summed E-state index contributed by atoms with van der Waals surface area (Å²) < 4.78 is 27.1. The van der Waals surface area contributed by atoms with Crippen molar-refractivity contribution < 1.29 is 8.42 Å². The molecule has 1 aromatic heterocycles. The van der Waals surface area contributed by atoms with Gasteiger partial charge in [-0.2, -0.15) is 0 Å². The van der Waals surface area contributed by atoms with E-state index in [1.165, 1.54) is 11.3 Å². The Morgan fingerprint density at radius 1 is 1.21 bits per heavy atom. The summed E-state index contributed by atoms with van der Waals surface area (Å²) in [4.78, 5) is 0.0975. The molecule has 0 saturated carbocycles. The second-order valence-corrected chi connectivity index (χ2v) is 6.96. The van der Waals surface area contributed by atoms with Gasteiger partial charge in [-0.1, -0.05) is 17.4 Å². The van der Waals surface area contributed by atoms with E-state index in [0.717, 1.165) is 5.56 Å². The molecular weight excluding hydrogens is 284 g/mol. The number of nitrogens with one attached hydrogen (secondary N) is 1. The number of sulfonamides is 1. The normalized spacial score (nSPS) is 11.5. The Balaban J connectivity index is 2.48. The second kappa shape index (κ2) is 4.78. The van der Waals surface area contributed by atoms with Crippen LogP contribution in [0, 0.1) is 20.8 Å². The van der Waals surface area contributed by atoms with Gasteiger partial charge in [-0.05, 0) is 38.0 Å². The second-order valence-electron chi connectivity index (χ2n) is 4.16. The van der Waals surface area contributed by atoms with Gasteiger partial charge in [0.1, 0.15) is 9.90 Å². The maximum absolute atomic E-state index is 12.4. The number of hydrogen-bond acceptors (Lipinski definition) is 6. The van der Waals surface area contributed by atoms with Crippen LogP contribution in [0.2, 0.25) is 0 Å². The van der Waals surface area contributed by atoms with Crippen molar-refractivity contribution in [2.24, 2.45) is 0 Å². The molecule has 102 valence electrons. The molecule has 0 fully saturated rings. The maximum Gasteiger partial charge on any atom is 0.266 e. The summed E-state index contributed by atoms with van der Waals surface area (Å²) in [5, 5.41) is 8.43. The summed E-state index contributed by atoms with van der Waals surface area (Å²) in [6.45, 7) is 5.32. The predicted molar refractivity (Wildman–Crippen MR) is 75.8 cm³/mol. The van der Waals surface area contributed by atoms with E-state index in [2.05, 4.69) is 14.9 Å². The fourth-order valence-corrected chi connectivity index (χ4v) is 3.93. The van der Waals surface area contributed by atoms with E-state index >= 15 is 0 Å². The zero-order valence-electron chi connectivity index (χ0n) is 10.8.